The fourth-order valence-electron chi connectivity index (χ4n) is 1.10. The molecule has 1 aromatic rings. The molecule has 0 aliphatic heterocycles. The van der Waals surface area contributed by atoms with Crippen molar-refractivity contribution in [1.29, 1.82) is 0 Å². The van der Waals surface area contributed by atoms with Crippen molar-refractivity contribution in [2.75, 3.05) is 6.61 Å². The predicted molar refractivity (Wildman–Crippen MR) is 42.5 cm³/mol. The summed E-state index contributed by atoms with van der Waals surface area (Å²) in [5.41, 5.74) is 0.933. The zero-order chi connectivity index (χ0) is 9.84. The second kappa shape index (κ2) is 4.00. The zero-order valence-corrected chi connectivity index (χ0v) is 7.30. The lowest BCUT2D eigenvalue weighted by molar-refractivity contribution is -0.717. The third-order valence-electron chi connectivity index (χ3n) is 1.77. The maximum atomic E-state index is 10.6. The fourth-order valence-corrected chi connectivity index (χ4v) is 1.10. The van der Waals surface area contributed by atoms with Gasteiger partial charge in [-0.3, -0.25) is 0 Å². The van der Waals surface area contributed by atoms with Crippen LogP contribution in [0.3, 0.4) is 0 Å². The van der Waals surface area contributed by atoms with E-state index in [1.165, 1.54) is 4.57 Å². The topological polar surface area (TPSA) is 64.2 Å². The normalized spacial score (nSPS) is 12.5. The van der Waals surface area contributed by atoms with Gasteiger partial charge < -0.3 is 15.0 Å². The van der Waals surface area contributed by atoms with Crippen LogP contribution in [-0.4, -0.2) is 17.7 Å². The third kappa shape index (κ3) is 2.26. The third-order valence-corrected chi connectivity index (χ3v) is 1.77. The van der Waals surface area contributed by atoms with E-state index in [0.29, 0.717) is 0 Å². The number of aromatic nitrogens is 1. The van der Waals surface area contributed by atoms with Crippen LogP contribution in [0.15, 0.2) is 24.5 Å². The molecule has 13 heavy (non-hydrogen) atoms. The van der Waals surface area contributed by atoms with Crippen molar-refractivity contribution in [3.05, 3.63) is 30.1 Å². The van der Waals surface area contributed by atoms with Crippen molar-refractivity contribution >= 4 is 5.97 Å². The number of nitrogens with zero attached hydrogens (tertiary/aromatic N) is 1. The highest BCUT2D eigenvalue weighted by molar-refractivity contribution is 5.67. The Balaban J connectivity index is 2.98. The number of pyridine rings is 1. The number of aliphatic hydroxyl groups excluding tert-OH is 1. The van der Waals surface area contributed by atoms with Crippen LogP contribution in [0.4, 0.5) is 0 Å². The Labute approximate surface area is 76.1 Å². The van der Waals surface area contributed by atoms with Crippen molar-refractivity contribution in [3.8, 4) is 0 Å². The summed E-state index contributed by atoms with van der Waals surface area (Å²) in [5.74, 6) is -1.28. The molecule has 0 unspecified atom stereocenters. The molecule has 1 aromatic heterocycles. The summed E-state index contributed by atoms with van der Waals surface area (Å²) in [7, 11) is 0. The second-order valence-corrected chi connectivity index (χ2v) is 2.85. The van der Waals surface area contributed by atoms with Crippen molar-refractivity contribution in [3.63, 3.8) is 0 Å². The molecule has 1 heterocycles. The summed E-state index contributed by atoms with van der Waals surface area (Å²) in [6.45, 7) is 1.39. The van der Waals surface area contributed by atoms with E-state index in [4.69, 9.17) is 5.11 Å². The Morgan fingerprint density at radius 1 is 1.77 bits per heavy atom. The van der Waals surface area contributed by atoms with Gasteiger partial charge in [0.2, 0.25) is 6.04 Å². The number of carboxylic acid groups (broad SMARTS) is 1. The zero-order valence-electron chi connectivity index (χ0n) is 7.30. The standard InChI is InChI=1S/C9H11NO3/c1-7-3-2-4-10(5-7)8(6-11)9(12)13/h2-5,8,11H,6H2,1H3/t8-/m0/s1. The first kappa shape index (κ1) is 9.67. The highest BCUT2D eigenvalue weighted by Crippen LogP contribution is 1.96. The number of hydrogen-bond donors (Lipinski definition) is 1. The quantitative estimate of drug-likeness (QED) is 0.581. The van der Waals surface area contributed by atoms with Crippen LogP contribution in [0, 0.1) is 6.92 Å². The maximum Gasteiger partial charge on any atom is 0.220 e. The fraction of sp³-hybridized carbons (Fsp3) is 0.333. The average Bonchev–Trinajstić information content (AvgIpc) is 2.04. The Bertz CT molecular complexity index is 311. The van der Waals surface area contributed by atoms with E-state index in [9.17, 15) is 9.90 Å². The summed E-state index contributed by atoms with van der Waals surface area (Å²) < 4.78 is 1.42. The van der Waals surface area contributed by atoms with Crippen LogP contribution in [-0.2, 0) is 4.79 Å². The summed E-state index contributed by atoms with van der Waals surface area (Å²) in [4.78, 5) is 10.6. The molecule has 0 aliphatic carbocycles. The molecular formula is C9H11NO3. The summed E-state index contributed by atoms with van der Waals surface area (Å²) >= 11 is 0. The molecule has 4 heteroatoms. The van der Waals surface area contributed by atoms with Gasteiger partial charge in [-0.05, 0) is 13.0 Å². The van der Waals surface area contributed by atoms with E-state index < -0.39 is 18.6 Å². The summed E-state index contributed by atoms with van der Waals surface area (Å²) in [6.07, 6.45) is 3.24. The lowest BCUT2D eigenvalue weighted by atomic mass is 10.2. The maximum absolute atomic E-state index is 10.6. The van der Waals surface area contributed by atoms with Crippen LogP contribution in [0.1, 0.15) is 11.6 Å². The van der Waals surface area contributed by atoms with Crippen molar-refractivity contribution in [2.24, 2.45) is 0 Å². The molecule has 1 rings (SSSR count). The molecule has 0 saturated heterocycles. The Hall–Kier alpha value is -1.42. The summed E-state index contributed by atoms with van der Waals surface area (Å²) in [5, 5.41) is 19.3. The van der Waals surface area contributed by atoms with Crippen LogP contribution < -0.4 is 9.67 Å². The molecule has 0 aromatic carbocycles. The molecular weight excluding hydrogens is 170 g/mol. The molecule has 0 aliphatic rings. The van der Waals surface area contributed by atoms with Crippen LogP contribution in [0.5, 0.6) is 0 Å². The van der Waals surface area contributed by atoms with Gasteiger partial charge in [-0.1, -0.05) is 0 Å². The minimum atomic E-state index is -1.28. The van der Waals surface area contributed by atoms with Gasteiger partial charge in [-0.15, -0.1) is 0 Å². The Morgan fingerprint density at radius 3 is 2.92 bits per heavy atom. The van der Waals surface area contributed by atoms with E-state index in [-0.39, 0.29) is 0 Å². The van der Waals surface area contributed by atoms with Gasteiger partial charge in [-0.25, -0.2) is 0 Å². The number of carboxylic acids is 1. The largest absolute Gasteiger partial charge is 0.543 e. The smallest absolute Gasteiger partial charge is 0.220 e. The number of aliphatic hydroxyl groups is 1. The number of aryl methyl sites for hydroxylation is 1. The molecule has 0 amide bonds. The molecule has 1 N–H and O–H groups in total. The van der Waals surface area contributed by atoms with E-state index in [2.05, 4.69) is 0 Å². The van der Waals surface area contributed by atoms with E-state index in [0.717, 1.165) is 5.56 Å². The molecule has 0 spiro atoms. The van der Waals surface area contributed by atoms with Crippen molar-refractivity contribution < 1.29 is 19.6 Å². The average molecular weight is 181 g/mol. The van der Waals surface area contributed by atoms with Gasteiger partial charge in [0.1, 0.15) is 12.6 Å². The van der Waals surface area contributed by atoms with E-state index in [1.54, 1.807) is 18.5 Å². The van der Waals surface area contributed by atoms with Gasteiger partial charge in [0, 0.05) is 11.6 Å². The molecule has 0 fully saturated rings. The number of carbonyl (C=O) groups excluding carboxylic acids is 1. The molecule has 1 atom stereocenters. The highest BCUT2D eigenvalue weighted by Gasteiger charge is 2.17. The number of carbonyl (C=O) groups is 1. The van der Waals surface area contributed by atoms with Crippen LogP contribution in [0.2, 0.25) is 0 Å². The van der Waals surface area contributed by atoms with Gasteiger partial charge >= 0.3 is 0 Å². The van der Waals surface area contributed by atoms with Crippen molar-refractivity contribution in [2.45, 2.75) is 13.0 Å². The Kier molecular flexibility index (Phi) is 2.97. The first-order valence-electron chi connectivity index (χ1n) is 3.94. The van der Waals surface area contributed by atoms with Gasteiger partial charge in [0.05, 0.1) is 0 Å². The number of aliphatic carboxylic acids is 1. The molecule has 0 radical (unpaired) electrons. The molecule has 4 nitrogen and oxygen atoms in total. The SMILES string of the molecule is Cc1ccc[n+]([C@@H](CO)C(=O)[O-])c1. The Morgan fingerprint density at radius 2 is 2.46 bits per heavy atom. The first-order valence-corrected chi connectivity index (χ1v) is 3.94. The van der Waals surface area contributed by atoms with E-state index in [1.807, 2.05) is 13.0 Å². The predicted octanol–water partition coefficient (Wildman–Crippen LogP) is -1.43. The minimum Gasteiger partial charge on any atom is -0.543 e. The molecule has 70 valence electrons. The van der Waals surface area contributed by atoms with Crippen molar-refractivity contribution in [1.82, 2.24) is 0 Å². The number of hydrogen-bond acceptors (Lipinski definition) is 3. The van der Waals surface area contributed by atoms with Gasteiger partial charge in [0.15, 0.2) is 12.4 Å². The highest BCUT2D eigenvalue weighted by atomic mass is 16.4. The monoisotopic (exact) mass is 181 g/mol. The van der Waals surface area contributed by atoms with E-state index >= 15 is 0 Å². The molecule has 0 bridgehead atoms. The minimum absolute atomic E-state index is 0.462. The van der Waals surface area contributed by atoms with Gasteiger partial charge in [0.25, 0.3) is 0 Å². The summed E-state index contributed by atoms with van der Waals surface area (Å²) in [6, 6.07) is 2.57. The lowest BCUT2D eigenvalue weighted by Crippen LogP contribution is -2.51. The number of rotatable bonds is 3. The van der Waals surface area contributed by atoms with Crippen LogP contribution >= 0.6 is 0 Å². The van der Waals surface area contributed by atoms with Crippen LogP contribution in [0.25, 0.3) is 0 Å². The first-order chi connectivity index (χ1) is 6.15. The molecule has 0 saturated carbocycles. The lowest BCUT2D eigenvalue weighted by Gasteiger charge is -2.09. The van der Waals surface area contributed by atoms with Gasteiger partial charge in [-0.2, -0.15) is 4.57 Å². The second-order valence-electron chi connectivity index (χ2n) is 2.85.